The second-order valence-electron chi connectivity index (χ2n) is 7.02. The van der Waals surface area contributed by atoms with Crippen LogP contribution in [0.5, 0.6) is 0 Å². The lowest BCUT2D eigenvalue weighted by Gasteiger charge is -2.39. The van der Waals surface area contributed by atoms with Crippen LogP contribution in [0.25, 0.3) is 11.0 Å². The van der Waals surface area contributed by atoms with Crippen molar-refractivity contribution in [3.8, 4) is 0 Å². The fraction of sp³-hybridized carbons (Fsp3) is 0.611. The van der Waals surface area contributed by atoms with E-state index in [4.69, 9.17) is 0 Å². The summed E-state index contributed by atoms with van der Waals surface area (Å²) in [5.74, 6) is 0. The Bertz CT molecular complexity index is 585. The van der Waals surface area contributed by atoms with Gasteiger partial charge in [0.2, 0.25) is 0 Å². The van der Waals surface area contributed by atoms with E-state index in [1.807, 2.05) is 12.4 Å². The van der Waals surface area contributed by atoms with Gasteiger partial charge in [-0.2, -0.15) is 0 Å². The van der Waals surface area contributed by atoms with Crippen LogP contribution in [-0.4, -0.2) is 22.1 Å². The Kier molecular flexibility index (Phi) is 4.29. The molecule has 1 unspecified atom stereocenters. The maximum atomic E-state index is 4.45. The van der Waals surface area contributed by atoms with Crippen molar-refractivity contribution in [2.45, 2.75) is 58.5 Å². The van der Waals surface area contributed by atoms with Crippen molar-refractivity contribution in [3.63, 3.8) is 0 Å². The Morgan fingerprint density at radius 2 is 2.14 bits per heavy atom. The number of para-hydroxylation sites is 2. The highest BCUT2D eigenvalue weighted by molar-refractivity contribution is 5.74. The van der Waals surface area contributed by atoms with Gasteiger partial charge in [-0.15, -0.1) is 0 Å². The van der Waals surface area contributed by atoms with Crippen LogP contribution in [0, 0.1) is 5.41 Å². The Balaban J connectivity index is 1.50. The summed E-state index contributed by atoms with van der Waals surface area (Å²) in [6.45, 7) is 6.96. The molecule has 1 saturated carbocycles. The molecule has 3 heteroatoms. The third-order valence-corrected chi connectivity index (χ3v) is 5.00. The van der Waals surface area contributed by atoms with Gasteiger partial charge in [-0.1, -0.05) is 38.8 Å². The van der Waals surface area contributed by atoms with Crippen LogP contribution in [0.15, 0.2) is 30.6 Å². The molecule has 1 aromatic heterocycles. The lowest BCUT2D eigenvalue weighted by atomic mass is 9.73. The van der Waals surface area contributed by atoms with Crippen molar-refractivity contribution >= 4 is 11.0 Å². The first kappa shape index (κ1) is 14.6. The van der Waals surface area contributed by atoms with E-state index >= 15 is 0 Å². The van der Waals surface area contributed by atoms with E-state index in [-0.39, 0.29) is 0 Å². The molecule has 0 bridgehead atoms. The highest BCUT2D eigenvalue weighted by Gasteiger charge is 2.31. The van der Waals surface area contributed by atoms with E-state index in [0.29, 0.717) is 11.5 Å². The van der Waals surface area contributed by atoms with Gasteiger partial charge in [-0.25, -0.2) is 4.98 Å². The summed E-state index contributed by atoms with van der Waals surface area (Å²) >= 11 is 0. The van der Waals surface area contributed by atoms with Crippen molar-refractivity contribution in [2.24, 2.45) is 5.41 Å². The minimum atomic E-state index is 0.458. The minimum Gasteiger partial charge on any atom is -0.331 e. The van der Waals surface area contributed by atoms with Gasteiger partial charge in [0.05, 0.1) is 17.4 Å². The Morgan fingerprint density at radius 1 is 1.29 bits per heavy atom. The van der Waals surface area contributed by atoms with E-state index in [9.17, 15) is 0 Å². The lowest BCUT2D eigenvalue weighted by Crippen LogP contribution is -2.44. The number of nitrogens with one attached hydrogen (secondary N) is 1. The summed E-state index contributed by atoms with van der Waals surface area (Å²) in [6, 6.07) is 9.05. The van der Waals surface area contributed by atoms with Crippen LogP contribution in [0.1, 0.15) is 46.0 Å². The van der Waals surface area contributed by atoms with E-state index < -0.39 is 0 Å². The van der Waals surface area contributed by atoms with Gasteiger partial charge >= 0.3 is 0 Å². The summed E-state index contributed by atoms with van der Waals surface area (Å²) < 4.78 is 2.27. The van der Waals surface area contributed by atoms with Gasteiger partial charge in [0.15, 0.2) is 0 Å². The molecular weight excluding hydrogens is 258 g/mol. The molecule has 0 radical (unpaired) electrons. The third-order valence-electron chi connectivity index (χ3n) is 5.00. The van der Waals surface area contributed by atoms with E-state index in [2.05, 4.69) is 46.9 Å². The summed E-state index contributed by atoms with van der Waals surface area (Å²) in [4.78, 5) is 4.45. The van der Waals surface area contributed by atoms with Gasteiger partial charge < -0.3 is 9.88 Å². The molecule has 1 N–H and O–H groups in total. The van der Waals surface area contributed by atoms with Gasteiger partial charge in [0.1, 0.15) is 0 Å². The topological polar surface area (TPSA) is 29.9 Å². The molecule has 0 amide bonds. The number of nitrogens with zero attached hydrogens (tertiary/aromatic N) is 2. The van der Waals surface area contributed by atoms with Gasteiger partial charge in [-0.3, -0.25) is 0 Å². The van der Waals surface area contributed by atoms with Crippen molar-refractivity contribution in [2.75, 3.05) is 6.54 Å². The zero-order chi connectivity index (χ0) is 14.7. The number of fused-ring (bicyclic) bond motifs is 1. The Hall–Kier alpha value is -1.35. The van der Waals surface area contributed by atoms with Crippen molar-refractivity contribution < 1.29 is 0 Å². The largest absolute Gasteiger partial charge is 0.331 e. The molecule has 1 heterocycles. The van der Waals surface area contributed by atoms with Crippen LogP contribution in [0.4, 0.5) is 0 Å². The number of rotatable bonds is 5. The first-order chi connectivity index (χ1) is 10.2. The van der Waals surface area contributed by atoms with Gasteiger partial charge in [-0.05, 0) is 43.4 Å². The minimum absolute atomic E-state index is 0.458. The molecule has 0 saturated heterocycles. The van der Waals surface area contributed by atoms with Gasteiger partial charge in [0, 0.05) is 12.6 Å². The van der Waals surface area contributed by atoms with Crippen LogP contribution < -0.4 is 5.32 Å². The highest BCUT2D eigenvalue weighted by Crippen LogP contribution is 2.35. The zero-order valence-corrected chi connectivity index (χ0v) is 13.3. The first-order valence-electron chi connectivity index (χ1n) is 8.30. The van der Waals surface area contributed by atoms with Crippen LogP contribution >= 0.6 is 0 Å². The average molecular weight is 285 g/mol. The molecule has 1 fully saturated rings. The fourth-order valence-electron chi connectivity index (χ4n) is 3.59. The quantitative estimate of drug-likeness (QED) is 0.842. The molecule has 0 aliphatic heterocycles. The molecule has 1 aliphatic carbocycles. The lowest BCUT2D eigenvalue weighted by molar-refractivity contribution is 0.167. The predicted molar refractivity (Wildman–Crippen MR) is 88.4 cm³/mol. The number of hydrogen-bond acceptors (Lipinski definition) is 2. The molecule has 1 aromatic carbocycles. The Labute approximate surface area is 127 Å². The zero-order valence-electron chi connectivity index (χ0n) is 13.3. The highest BCUT2D eigenvalue weighted by atomic mass is 15.0. The van der Waals surface area contributed by atoms with Gasteiger partial charge in [0.25, 0.3) is 0 Å². The maximum absolute atomic E-state index is 4.45. The average Bonchev–Trinajstić information content (AvgIpc) is 2.88. The molecule has 0 spiro atoms. The SMILES string of the molecule is CC1(C)CCCCC1NCCCn1cnc2ccccc21. The van der Waals surface area contributed by atoms with Crippen LogP contribution in [0.2, 0.25) is 0 Å². The van der Waals surface area contributed by atoms with Crippen molar-refractivity contribution in [3.05, 3.63) is 30.6 Å². The second-order valence-corrected chi connectivity index (χ2v) is 7.02. The molecule has 3 nitrogen and oxygen atoms in total. The number of aryl methyl sites for hydroxylation is 1. The standard InChI is InChI=1S/C18H27N3/c1-18(2)11-6-5-10-17(18)19-12-7-13-21-14-20-15-8-3-4-9-16(15)21/h3-4,8-9,14,17,19H,5-7,10-13H2,1-2H3. The summed E-state index contributed by atoms with van der Waals surface area (Å²) in [5.41, 5.74) is 2.80. The van der Waals surface area contributed by atoms with Crippen molar-refractivity contribution in [1.29, 1.82) is 0 Å². The molecule has 2 aromatic rings. The summed E-state index contributed by atoms with van der Waals surface area (Å²) in [6.07, 6.45) is 8.60. The number of benzene rings is 1. The summed E-state index contributed by atoms with van der Waals surface area (Å²) in [7, 11) is 0. The molecular formula is C18H27N3. The number of aromatic nitrogens is 2. The number of hydrogen-bond donors (Lipinski definition) is 1. The molecule has 1 aliphatic rings. The maximum Gasteiger partial charge on any atom is 0.0958 e. The van der Waals surface area contributed by atoms with E-state index in [1.165, 1.54) is 31.2 Å². The number of imidazole rings is 1. The first-order valence-corrected chi connectivity index (χ1v) is 8.30. The molecule has 21 heavy (non-hydrogen) atoms. The second kappa shape index (κ2) is 6.18. The van der Waals surface area contributed by atoms with Crippen molar-refractivity contribution in [1.82, 2.24) is 14.9 Å². The van der Waals surface area contributed by atoms with E-state index in [0.717, 1.165) is 25.0 Å². The predicted octanol–water partition coefficient (Wildman–Crippen LogP) is 3.98. The van der Waals surface area contributed by atoms with E-state index in [1.54, 1.807) is 0 Å². The molecule has 114 valence electrons. The summed E-state index contributed by atoms with van der Waals surface area (Å²) in [5, 5.41) is 3.79. The van der Waals surface area contributed by atoms with Crippen LogP contribution in [0.3, 0.4) is 0 Å². The normalized spacial score (nSPS) is 21.7. The smallest absolute Gasteiger partial charge is 0.0958 e. The Morgan fingerprint density at radius 3 is 3.00 bits per heavy atom. The van der Waals surface area contributed by atoms with Crippen LogP contribution in [-0.2, 0) is 6.54 Å². The monoisotopic (exact) mass is 285 g/mol. The fourth-order valence-corrected chi connectivity index (χ4v) is 3.59. The third kappa shape index (κ3) is 3.29. The molecule has 3 rings (SSSR count). The molecule has 1 atom stereocenters.